The zero-order valence-corrected chi connectivity index (χ0v) is 8.49. The summed E-state index contributed by atoms with van der Waals surface area (Å²) in [5.74, 6) is 2.36. The standard InChI is InChI=1S/C10H17N3O/c1-3-5-12-10(14)8(2)13-6-4-9(11)7-13/h1,8-9H,4-7,11H2,2H3,(H,12,14)/t8?,9-/m1/s1. The molecular weight excluding hydrogens is 178 g/mol. The second kappa shape index (κ2) is 4.99. The summed E-state index contributed by atoms with van der Waals surface area (Å²) in [4.78, 5) is 13.6. The van der Waals surface area contributed by atoms with E-state index in [2.05, 4.69) is 16.1 Å². The molecule has 1 saturated heterocycles. The molecule has 1 aliphatic heterocycles. The van der Waals surface area contributed by atoms with Crippen LogP contribution >= 0.6 is 0 Å². The summed E-state index contributed by atoms with van der Waals surface area (Å²) in [5.41, 5.74) is 5.76. The molecule has 1 unspecified atom stereocenters. The van der Waals surface area contributed by atoms with Crippen molar-refractivity contribution in [2.24, 2.45) is 5.73 Å². The summed E-state index contributed by atoms with van der Waals surface area (Å²) in [5, 5.41) is 2.67. The molecular formula is C10H17N3O. The summed E-state index contributed by atoms with van der Waals surface area (Å²) in [6.45, 7) is 3.86. The van der Waals surface area contributed by atoms with Crippen molar-refractivity contribution in [3.05, 3.63) is 0 Å². The molecule has 0 saturated carbocycles. The van der Waals surface area contributed by atoms with Crippen LogP contribution in [0.4, 0.5) is 0 Å². The van der Waals surface area contributed by atoms with Crippen LogP contribution in [0.5, 0.6) is 0 Å². The number of rotatable bonds is 3. The molecule has 1 rings (SSSR count). The van der Waals surface area contributed by atoms with Gasteiger partial charge in [-0.05, 0) is 13.3 Å². The lowest BCUT2D eigenvalue weighted by atomic mass is 10.2. The lowest BCUT2D eigenvalue weighted by Crippen LogP contribution is -2.44. The molecule has 0 radical (unpaired) electrons. The molecule has 4 heteroatoms. The fourth-order valence-electron chi connectivity index (χ4n) is 1.62. The molecule has 14 heavy (non-hydrogen) atoms. The fourth-order valence-corrected chi connectivity index (χ4v) is 1.62. The Kier molecular flexibility index (Phi) is 3.93. The largest absolute Gasteiger partial charge is 0.344 e. The Morgan fingerprint density at radius 3 is 3.07 bits per heavy atom. The molecule has 0 aromatic carbocycles. The molecule has 1 aliphatic rings. The maximum Gasteiger partial charge on any atom is 0.237 e. The van der Waals surface area contributed by atoms with Gasteiger partial charge in [0.2, 0.25) is 5.91 Å². The Labute approximate surface area is 84.8 Å². The van der Waals surface area contributed by atoms with Crippen LogP contribution < -0.4 is 11.1 Å². The highest BCUT2D eigenvalue weighted by molar-refractivity contribution is 5.81. The van der Waals surface area contributed by atoms with Crippen molar-refractivity contribution < 1.29 is 4.79 Å². The number of carbonyl (C=O) groups excluding carboxylic acids is 1. The molecule has 2 atom stereocenters. The monoisotopic (exact) mass is 195 g/mol. The van der Waals surface area contributed by atoms with Crippen LogP contribution in [0.2, 0.25) is 0 Å². The third-order valence-corrected chi connectivity index (χ3v) is 2.55. The first-order valence-corrected chi connectivity index (χ1v) is 4.86. The lowest BCUT2D eigenvalue weighted by Gasteiger charge is -2.22. The minimum Gasteiger partial charge on any atom is -0.344 e. The lowest BCUT2D eigenvalue weighted by molar-refractivity contribution is -0.125. The van der Waals surface area contributed by atoms with Gasteiger partial charge in [0.25, 0.3) is 0 Å². The van der Waals surface area contributed by atoms with Crippen molar-refractivity contribution in [3.8, 4) is 12.3 Å². The number of nitrogens with zero attached hydrogens (tertiary/aromatic N) is 1. The molecule has 0 spiro atoms. The SMILES string of the molecule is C#CCNC(=O)C(C)N1CC[C@@H](N)C1. The van der Waals surface area contributed by atoms with Gasteiger partial charge >= 0.3 is 0 Å². The van der Waals surface area contributed by atoms with Crippen LogP contribution in [-0.2, 0) is 4.79 Å². The quantitative estimate of drug-likeness (QED) is 0.577. The second-order valence-electron chi connectivity index (χ2n) is 3.64. The molecule has 0 aromatic rings. The van der Waals surface area contributed by atoms with E-state index in [1.807, 2.05) is 6.92 Å². The number of carbonyl (C=O) groups is 1. The molecule has 1 heterocycles. The van der Waals surface area contributed by atoms with Crippen LogP contribution in [0.25, 0.3) is 0 Å². The van der Waals surface area contributed by atoms with E-state index in [0.29, 0.717) is 6.54 Å². The molecule has 1 fully saturated rings. The molecule has 0 aromatic heterocycles. The van der Waals surface area contributed by atoms with E-state index < -0.39 is 0 Å². The summed E-state index contributed by atoms with van der Waals surface area (Å²) in [7, 11) is 0. The number of terminal acetylenes is 1. The van der Waals surface area contributed by atoms with Crippen LogP contribution in [0.1, 0.15) is 13.3 Å². The minimum absolute atomic E-state index is 0.0166. The predicted molar refractivity (Wildman–Crippen MR) is 55.5 cm³/mol. The van der Waals surface area contributed by atoms with E-state index in [-0.39, 0.29) is 18.0 Å². The first kappa shape index (κ1) is 11.0. The average Bonchev–Trinajstić information content (AvgIpc) is 2.60. The zero-order valence-electron chi connectivity index (χ0n) is 8.49. The maximum atomic E-state index is 11.5. The van der Waals surface area contributed by atoms with Gasteiger partial charge in [-0.15, -0.1) is 6.42 Å². The number of likely N-dealkylation sites (tertiary alicyclic amines) is 1. The van der Waals surface area contributed by atoms with Crippen LogP contribution in [0.15, 0.2) is 0 Å². The topological polar surface area (TPSA) is 58.4 Å². The first-order chi connectivity index (χ1) is 6.65. The van der Waals surface area contributed by atoms with Gasteiger partial charge in [0.15, 0.2) is 0 Å². The van der Waals surface area contributed by atoms with E-state index >= 15 is 0 Å². The predicted octanol–water partition coefficient (Wildman–Crippen LogP) is -0.843. The van der Waals surface area contributed by atoms with Crippen molar-refractivity contribution in [1.29, 1.82) is 0 Å². The van der Waals surface area contributed by atoms with Crippen LogP contribution in [0.3, 0.4) is 0 Å². The van der Waals surface area contributed by atoms with Crippen LogP contribution in [0, 0.1) is 12.3 Å². The second-order valence-corrected chi connectivity index (χ2v) is 3.64. The summed E-state index contributed by atoms with van der Waals surface area (Å²) in [6, 6.07) is 0.0785. The normalized spacial score (nSPS) is 24.2. The van der Waals surface area contributed by atoms with Gasteiger partial charge in [0, 0.05) is 19.1 Å². The summed E-state index contributed by atoms with van der Waals surface area (Å²) in [6.07, 6.45) is 6.02. The van der Waals surface area contributed by atoms with E-state index in [1.54, 1.807) is 0 Å². The van der Waals surface area contributed by atoms with Gasteiger partial charge in [0.1, 0.15) is 0 Å². The number of hydrogen-bond acceptors (Lipinski definition) is 3. The highest BCUT2D eigenvalue weighted by Gasteiger charge is 2.27. The van der Waals surface area contributed by atoms with E-state index in [0.717, 1.165) is 19.5 Å². The Hall–Kier alpha value is -1.05. The first-order valence-electron chi connectivity index (χ1n) is 4.86. The van der Waals surface area contributed by atoms with Crippen molar-refractivity contribution in [1.82, 2.24) is 10.2 Å². The molecule has 1 amide bonds. The number of hydrogen-bond donors (Lipinski definition) is 2. The van der Waals surface area contributed by atoms with Gasteiger partial charge in [-0.25, -0.2) is 0 Å². The van der Waals surface area contributed by atoms with E-state index in [9.17, 15) is 4.79 Å². The highest BCUT2D eigenvalue weighted by Crippen LogP contribution is 2.10. The minimum atomic E-state index is -0.128. The Morgan fingerprint density at radius 2 is 2.57 bits per heavy atom. The van der Waals surface area contributed by atoms with Crippen molar-refractivity contribution in [2.45, 2.75) is 25.4 Å². The summed E-state index contributed by atoms with van der Waals surface area (Å²) < 4.78 is 0. The Balaban J connectivity index is 2.37. The molecule has 4 nitrogen and oxygen atoms in total. The third kappa shape index (κ3) is 2.72. The summed E-state index contributed by atoms with van der Waals surface area (Å²) >= 11 is 0. The van der Waals surface area contributed by atoms with Crippen LogP contribution in [-0.4, -0.2) is 42.5 Å². The molecule has 0 aliphatic carbocycles. The number of nitrogens with one attached hydrogen (secondary N) is 1. The molecule has 0 bridgehead atoms. The average molecular weight is 195 g/mol. The zero-order chi connectivity index (χ0) is 10.6. The fraction of sp³-hybridized carbons (Fsp3) is 0.700. The maximum absolute atomic E-state index is 11.5. The molecule has 3 N–H and O–H groups in total. The Morgan fingerprint density at radius 1 is 1.86 bits per heavy atom. The van der Waals surface area contributed by atoms with Crippen molar-refractivity contribution >= 4 is 5.91 Å². The van der Waals surface area contributed by atoms with Gasteiger partial charge in [-0.2, -0.15) is 0 Å². The number of nitrogens with two attached hydrogens (primary N) is 1. The van der Waals surface area contributed by atoms with Crippen molar-refractivity contribution in [2.75, 3.05) is 19.6 Å². The number of amides is 1. The van der Waals surface area contributed by atoms with Gasteiger partial charge < -0.3 is 11.1 Å². The van der Waals surface area contributed by atoms with Crippen molar-refractivity contribution in [3.63, 3.8) is 0 Å². The Bertz CT molecular complexity index is 246. The molecule has 78 valence electrons. The highest BCUT2D eigenvalue weighted by atomic mass is 16.2. The van der Waals surface area contributed by atoms with Gasteiger partial charge in [0.05, 0.1) is 12.6 Å². The van der Waals surface area contributed by atoms with E-state index in [4.69, 9.17) is 12.2 Å². The van der Waals surface area contributed by atoms with Gasteiger partial charge in [-0.1, -0.05) is 5.92 Å². The smallest absolute Gasteiger partial charge is 0.237 e. The van der Waals surface area contributed by atoms with E-state index in [1.165, 1.54) is 0 Å². The third-order valence-electron chi connectivity index (χ3n) is 2.55. The van der Waals surface area contributed by atoms with Gasteiger partial charge in [-0.3, -0.25) is 9.69 Å².